The van der Waals surface area contributed by atoms with Crippen LogP contribution >= 0.6 is 0 Å². The summed E-state index contributed by atoms with van der Waals surface area (Å²) in [4.78, 5) is 6.87. The molecular weight excluding hydrogens is 210 g/mol. The van der Waals surface area contributed by atoms with E-state index in [2.05, 4.69) is 34.3 Å². The number of pyridine rings is 1. The van der Waals surface area contributed by atoms with Gasteiger partial charge in [-0.05, 0) is 37.9 Å². The highest BCUT2D eigenvalue weighted by atomic mass is 15.2. The van der Waals surface area contributed by atoms with Crippen molar-refractivity contribution in [2.24, 2.45) is 5.92 Å². The minimum atomic E-state index is 0.847. The molecule has 2 rings (SSSR count). The van der Waals surface area contributed by atoms with Crippen molar-refractivity contribution in [3.05, 3.63) is 24.0 Å². The van der Waals surface area contributed by atoms with Crippen molar-refractivity contribution in [2.75, 3.05) is 25.0 Å². The lowest BCUT2D eigenvalue weighted by molar-refractivity contribution is 0.530. The zero-order valence-corrected chi connectivity index (χ0v) is 10.9. The van der Waals surface area contributed by atoms with Gasteiger partial charge < -0.3 is 10.2 Å². The molecule has 0 spiro atoms. The molecule has 1 unspecified atom stereocenters. The Kier molecular flexibility index (Phi) is 4.37. The highest BCUT2D eigenvalue weighted by Gasteiger charge is 2.21. The minimum absolute atomic E-state index is 0.847. The zero-order valence-electron chi connectivity index (χ0n) is 10.9. The summed E-state index contributed by atoms with van der Waals surface area (Å²) in [5.74, 6) is 0.890. The standard InChI is InChI=1S/C14H23N3/c1-3-4-12-6-8-17(11-12)14-5-7-16-13(9-14)10-15-2/h5,7,9,12,15H,3-4,6,8,10-11H2,1-2H3. The third kappa shape index (κ3) is 3.19. The molecule has 0 aliphatic carbocycles. The maximum atomic E-state index is 4.37. The average molecular weight is 233 g/mol. The number of aromatic nitrogens is 1. The van der Waals surface area contributed by atoms with Gasteiger partial charge in [0.05, 0.1) is 5.69 Å². The van der Waals surface area contributed by atoms with Crippen LogP contribution in [-0.4, -0.2) is 25.1 Å². The van der Waals surface area contributed by atoms with Gasteiger partial charge in [-0.25, -0.2) is 0 Å². The first-order chi connectivity index (χ1) is 8.33. The Balaban J connectivity index is 2.00. The van der Waals surface area contributed by atoms with E-state index in [1.165, 1.54) is 38.0 Å². The zero-order chi connectivity index (χ0) is 12.1. The SMILES string of the molecule is CCCC1CCN(c2ccnc(CNC)c2)C1. The van der Waals surface area contributed by atoms with Crippen LogP contribution in [0.25, 0.3) is 0 Å². The van der Waals surface area contributed by atoms with Crippen molar-refractivity contribution in [3.8, 4) is 0 Å². The van der Waals surface area contributed by atoms with E-state index in [9.17, 15) is 0 Å². The molecule has 0 saturated carbocycles. The molecule has 0 bridgehead atoms. The van der Waals surface area contributed by atoms with Gasteiger partial charge in [0.2, 0.25) is 0 Å². The van der Waals surface area contributed by atoms with Gasteiger partial charge in [0, 0.05) is 31.5 Å². The number of nitrogens with zero attached hydrogens (tertiary/aromatic N) is 2. The highest BCUT2D eigenvalue weighted by Crippen LogP contribution is 2.26. The first-order valence-corrected chi connectivity index (χ1v) is 6.68. The van der Waals surface area contributed by atoms with Crippen LogP contribution in [0, 0.1) is 5.92 Å². The quantitative estimate of drug-likeness (QED) is 0.846. The van der Waals surface area contributed by atoms with Crippen molar-refractivity contribution in [1.82, 2.24) is 10.3 Å². The Hall–Kier alpha value is -1.09. The second-order valence-electron chi connectivity index (χ2n) is 4.93. The van der Waals surface area contributed by atoms with E-state index in [1.807, 2.05) is 13.2 Å². The summed E-state index contributed by atoms with van der Waals surface area (Å²) < 4.78 is 0. The van der Waals surface area contributed by atoms with E-state index in [1.54, 1.807) is 0 Å². The molecule has 2 heterocycles. The molecule has 1 N–H and O–H groups in total. The molecule has 1 atom stereocenters. The fraction of sp³-hybridized carbons (Fsp3) is 0.643. The van der Waals surface area contributed by atoms with Crippen LogP contribution in [0.4, 0.5) is 5.69 Å². The third-order valence-corrected chi connectivity index (χ3v) is 3.51. The summed E-state index contributed by atoms with van der Waals surface area (Å²) in [6.45, 7) is 5.55. The molecule has 1 aromatic rings. The molecule has 94 valence electrons. The molecule has 1 fully saturated rings. The summed E-state index contributed by atoms with van der Waals surface area (Å²) in [5, 5.41) is 3.15. The average Bonchev–Trinajstić information content (AvgIpc) is 2.79. The fourth-order valence-electron chi connectivity index (χ4n) is 2.65. The molecule has 1 aliphatic rings. The van der Waals surface area contributed by atoms with Crippen molar-refractivity contribution in [1.29, 1.82) is 0 Å². The molecular formula is C14H23N3. The smallest absolute Gasteiger partial charge is 0.0562 e. The van der Waals surface area contributed by atoms with E-state index in [0.29, 0.717) is 0 Å². The van der Waals surface area contributed by atoms with Gasteiger partial charge in [-0.2, -0.15) is 0 Å². The Bertz CT molecular complexity index is 351. The van der Waals surface area contributed by atoms with E-state index in [4.69, 9.17) is 0 Å². The summed E-state index contributed by atoms with van der Waals surface area (Å²) in [7, 11) is 1.96. The highest BCUT2D eigenvalue weighted by molar-refractivity contribution is 5.47. The van der Waals surface area contributed by atoms with Gasteiger partial charge in [0.25, 0.3) is 0 Å². The second kappa shape index (κ2) is 6.01. The maximum absolute atomic E-state index is 4.37. The minimum Gasteiger partial charge on any atom is -0.371 e. The monoisotopic (exact) mass is 233 g/mol. The van der Waals surface area contributed by atoms with Crippen molar-refractivity contribution in [3.63, 3.8) is 0 Å². The predicted molar refractivity (Wildman–Crippen MR) is 72.2 cm³/mol. The lowest BCUT2D eigenvalue weighted by atomic mass is 10.0. The van der Waals surface area contributed by atoms with Gasteiger partial charge in [0.1, 0.15) is 0 Å². The van der Waals surface area contributed by atoms with Gasteiger partial charge in [-0.1, -0.05) is 13.3 Å². The number of hydrogen-bond donors (Lipinski definition) is 1. The van der Waals surface area contributed by atoms with Crippen LogP contribution in [0.15, 0.2) is 18.3 Å². The van der Waals surface area contributed by atoms with E-state index in [0.717, 1.165) is 18.2 Å². The van der Waals surface area contributed by atoms with Crippen molar-refractivity contribution >= 4 is 5.69 Å². The van der Waals surface area contributed by atoms with Crippen LogP contribution in [0.3, 0.4) is 0 Å². The third-order valence-electron chi connectivity index (χ3n) is 3.51. The molecule has 17 heavy (non-hydrogen) atoms. The summed E-state index contributed by atoms with van der Waals surface area (Å²) in [5.41, 5.74) is 2.47. The van der Waals surface area contributed by atoms with Crippen LogP contribution in [-0.2, 0) is 6.54 Å². The van der Waals surface area contributed by atoms with Gasteiger partial charge >= 0.3 is 0 Å². The maximum Gasteiger partial charge on any atom is 0.0562 e. The normalized spacial score (nSPS) is 19.9. The Morgan fingerprint density at radius 1 is 1.53 bits per heavy atom. The molecule has 1 aliphatic heterocycles. The molecule has 0 amide bonds. The molecule has 3 heteroatoms. The topological polar surface area (TPSA) is 28.2 Å². The van der Waals surface area contributed by atoms with Gasteiger partial charge in [-0.15, -0.1) is 0 Å². The summed E-state index contributed by atoms with van der Waals surface area (Å²) in [6, 6.07) is 4.35. The predicted octanol–water partition coefficient (Wildman–Crippen LogP) is 2.43. The number of rotatable bonds is 5. The van der Waals surface area contributed by atoms with E-state index < -0.39 is 0 Å². The molecule has 1 aromatic heterocycles. The lowest BCUT2D eigenvalue weighted by Crippen LogP contribution is -2.20. The van der Waals surface area contributed by atoms with E-state index >= 15 is 0 Å². The van der Waals surface area contributed by atoms with Gasteiger partial charge in [-0.3, -0.25) is 4.98 Å². The molecule has 0 radical (unpaired) electrons. The fourth-order valence-corrected chi connectivity index (χ4v) is 2.65. The van der Waals surface area contributed by atoms with Crippen LogP contribution in [0.2, 0.25) is 0 Å². The number of nitrogens with one attached hydrogen (secondary N) is 1. The molecule has 0 aromatic carbocycles. The van der Waals surface area contributed by atoms with Gasteiger partial charge in [0.15, 0.2) is 0 Å². The van der Waals surface area contributed by atoms with Crippen LogP contribution < -0.4 is 10.2 Å². The first kappa shape index (κ1) is 12.4. The van der Waals surface area contributed by atoms with E-state index in [-0.39, 0.29) is 0 Å². The van der Waals surface area contributed by atoms with Crippen LogP contribution in [0.5, 0.6) is 0 Å². The van der Waals surface area contributed by atoms with Crippen molar-refractivity contribution in [2.45, 2.75) is 32.7 Å². The molecule has 3 nitrogen and oxygen atoms in total. The number of anilines is 1. The Morgan fingerprint density at radius 2 is 2.41 bits per heavy atom. The largest absolute Gasteiger partial charge is 0.371 e. The molecule has 1 saturated heterocycles. The Morgan fingerprint density at radius 3 is 3.18 bits per heavy atom. The summed E-state index contributed by atoms with van der Waals surface area (Å²) >= 11 is 0. The van der Waals surface area contributed by atoms with Crippen molar-refractivity contribution < 1.29 is 0 Å². The Labute approximate surface area is 104 Å². The number of hydrogen-bond acceptors (Lipinski definition) is 3. The van der Waals surface area contributed by atoms with Crippen LogP contribution in [0.1, 0.15) is 31.9 Å². The lowest BCUT2D eigenvalue weighted by Gasteiger charge is -2.19. The second-order valence-corrected chi connectivity index (χ2v) is 4.93. The first-order valence-electron chi connectivity index (χ1n) is 6.68. The summed E-state index contributed by atoms with van der Waals surface area (Å²) in [6.07, 6.45) is 5.94.